The van der Waals surface area contributed by atoms with Crippen LogP contribution in [0.15, 0.2) is 42.7 Å². The van der Waals surface area contributed by atoms with Crippen molar-refractivity contribution < 1.29 is 22.7 Å². The maximum absolute atomic E-state index is 13.8. The molecule has 0 spiro atoms. The van der Waals surface area contributed by atoms with Gasteiger partial charge in [-0.25, -0.2) is 4.52 Å². The molecular formula is C23H25ClF3N3O2. The monoisotopic (exact) mass is 467 g/mol. The Kier molecular flexibility index (Phi) is 7.03. The molecule has 1 saturated heterocycles. The molecule has 3 heterocycles. The van der Waals surface area contributed by atoms with Crippen molar-refractivity contribution in [3.63, 3.8) is 0 Å². The molecule has 172 valence electrons. The minimum Gasteiger partial charge on any atom is -0.497 e. The summed E-state index contributed by atoms with van der Waals surface area (Å²) in [6, 6.07) is 2.40. The van der Waals surface area contributed by atoms with Crippen LogP contribution >= 0.6 is 11.6 Å². The first-order valence-corrected chi connectivity index (χ1v) is 10.6. The summed E-state index contributed by atoms with van der Waals surface area (Å²) in [5.41, 5.74) is -0.686. The lowest BCUT2D eigenvalue weighted by atomic mass is 9.99. The zero-order chi connectivity index (χ0) is 23.6. The fourth-order valence-corrected chi connectivity index (χ4v) is 3.82. The van der Waals surface area contributed by atoms with Crippen LogP contribution in [0.2, 0.25) is 5.02 Å². The van der Waals surface area contributed by atoms with E-state index in [4.69, 9.17) is 16.3 Å². The first-order valence-electron chi connectivity index (χ1n) is 10.2. The number of halogens is 4. The highest BCUT2D eigenvalue weighted by Crippen LogP contribution is 2.35. The number of hydrogen-bond donors (Lipinski definition) is 0. The van der Waals surface area contributed by atoms with Gasteiger partial charge in [-0.15, -0.1) is 0 Å². The number of carbonyl (C=O) groups is 1. The van der Waals surface area contributed by atoms with Crippen molar-refractivity contribution in [1.29, 1.82) is 0 Å². The zero-order valence-corrected chi connectivity index (χ0v) is 18.9. The molecule has 0 N–H and O–H groups in total. The highest BCUT2D eigenvalue weighted by molar-refractivity contribution is 6.36. The number of alkyl halides is 3. The van der Waals surface area contributed by atoms with Gasteiger partial charge in [-0.05, 0) is 61.1 Å². The summed E-state index contributed by atoms with van der Waals surface area (Å²) in [5.74, 6) is 0.571. The molecule has 1 fully saturated rings. The number of methoxy groups -OCH3 is 1. The Balaban J connectivity index is 2.07. The second kappa shape index (κ2) is 9.40. The summed E-state index contributed by atoms with van der Waals surface area (Å²) < 4.78 is 47.4. The molecule has 0 atom stereocenters. The van der Waals surface area contributed by atoms with Crippen LogP contribution in [0.5, 0.6) is 0 Å². The van der Waals surface area contributed by atoms with E-state index in [0.29, 0.717) is 34.9 Å². The molecule has 0 aliphatic carbocycles. The molecule has 1 amide bonds. The highest BCUT2D eigenvalue weighted by atomic mass is 35.5. The van der Waals surface area contributed by atoms with Gasteiger partial charge in [0.2, 0.25) is 0 Å². The van der Waals surface area contributed by atoms with Crippen LogP contribution in [-0.4, -0.2) is 40.6 Å². The number of fused-ring (bicyclic) bond motifs is 1. The molecule has 2 aromatic rings. The Morgan fingerprint density at radius 1 is 1.28 bits per heavy atom. The Morgan fingerprint density at radius 3 is 2.50 bits per heavy atom. The largest absolute Gasteiger partial charge is 0.497 e. The van der Waals surface area contributed by atoms with E-state index in [1.165, 1.54) is 13.2 Å². The average Bonchev–Trinajstić information content (AvgIpc) is 3.09. The number of allylic oxidation sites excluding steroid dienone is 4. The number of piperidine rings is 1. The van der Waals surface area contributed by atoms with Crippen LogP contribution in [0.4, 0.5) is 13.2 Å². The van der Waals surface area contributed by atoms with Crippen LogP contribution in [0, 0.1) is 5.92 Å². The molecule has 0 unspecified atom stereocenters. The zero-order valence-electron chi connectivity index (χ0n) is 18.2. The molecule has 0 radical (unpaired) electrons. The van der Waals surface area contributed by atoms with E-state index in [1.807, 2.05) is 0 Å². The van der Waals surface area contributed by atoms with E-state index in [-0.39, 0.29) is 21.8 Å². The normalized spacial score (nSPS) is 16.2. The Bertz CT molecular complexity index is 1090. The van der Waals surface area contributed by atoms with Crippen LogP contribution in [0.1, 0.15) is 48.4 Å². The van der Waals surface area contributed by atoms with Crippen molar-refractivity contribution in [2.75, 3.05) is 20.2 Å². The number of pyridine rings is 1. The lowest BCUT2D eigenvalue weighted by molar-refractivity contribution is -0.142. The van der Waals surface area contributed by atoms with Gasteiger partial charge in [0.25, 0.3) is 5.91 Å². The van der Waals surface area contributed by atoms with Crippen molar-refractivity contribution >= 4 is 28.6 Å². The average molecular weight is 468 g/mol. The SMILES string of the molecule is C=C(C=CC(=CC)OC)c1cc(C(F)(F)F)n2nc(C(=O)N3CCC(C)CC3)c(Cl)c2c1. The Hall–Kier alpha value is -2.74. The van der Waals surface area contributed by atoms with Gasteiger partial charge in [-0.2, -0.15) is 18.3 Å². The van der Waals surface area contributed by atoms with Gasteiger partial charge in [0, 0.05) is 13.1 Å². The van der Waals surface area contributed by atoms with Crippen LogP contribution in [0.3, 0.4) is 0 Å². The summed E-state index contributed by atoms with van der Waals surface area (Å²) in [5, 5.41) is 3.86. The lowest BCUT2D eigenvalue weighted by Crippen LogP contribution is -2.38. The Labute approximate surface area is 189 Å². The van der Waals surface area contributed by atoms with E-state index in [2.05, 4.69) is 18.6 Å². The van der Waals surface area contributed by atoms with Gasteiger partial charge in [0.15, 0.2) is 5.69 Å². The molecule has 32 heavy (non-hydrogen) atoms. The van der Waals surface area contributed by atoms with Gasteiger partial charge in [0.05, 0.1) is 17.6 Å². The van der Waals surface area contributed by atoms with Crippen molar-refractivity contribution in [1.82, 2.24) is 14.5 Å². The van der Waals surface area contributed by atoms with Crippen molar-refractivity contribution in [3.8, 4) is 0 Å². The second-order valence-electron chi connectivity index (χ2n) is 7.82. The van der Waals surface area contributed by atoms with Crippen LogP contribution < -0.4 is 0 Å². The number of carbonyl (C=O) groups excluding carboxylic acids is 1. The van der Waals surface area contributed by atoms with E-state index < -0.39 is 17.8 Å². The smallest absolute Gasteiger partial charge is 0.433 e. The summed E-state index contributed by atoms with van der Waals surface area (Å²) in [7, 11) is 1.49. The van der Waals surface area contributed by atoms with Gasteiger partial charge >= 0.3 is 6.18 Å². The predicted molar refractivity (Wildman–Crippen MR) is 118 cm³/mol. The second-order valence-corrected chi connectivity index (χ2v) is 8.19. The Morgan fingerprint density at radius 2 is 1.94 bits per heavy atom. The van der Waals surface area contributed by atoms with Crippen molar-refractivity contribution in [2.24, 2.45) is 5.92 Å². The maximum atomic E-state index is 13.8. The van der Waals surface area contributed by atoms with E-state index >= 15 is 0 Å². The predicted octanol–water partition coefficient (Wildman–Crippen LogP) is 6.00. The molecule has 0 bridgehead atoms. The van der Waals surface area contributed by atoms with E-state index in [1.54, 1.807) is 30.1 Å². The van der Waals surface area contributed by atoms with Gasteiger partial charge in [0.1, 0.15) is 11.5 Å². The quantitative estimate of drug-likeness (QED) is 0.400. The third-order valence-corrected chi connectivity index (χ3v) is 5.95. The fraction of sp³-hybridized carbons (Fsp3) is 0.391. The molecule has 0 saturated carbocycles. The van der Waals surface area contributed by atoms with Gasteiger partial charge < -0.3 is 9.64 Å². The topological polar surface area (TPSA) is 46.8 Å². The summed E-state index contributed by atoms with van der Waals surface area (Å²) >= 11 is 6.40. The van der Waals surface area contributed by atoms with Crippen molar-refractivity contribution in [2.45, 2.75) is 32.9 Å². The van der Waals surface area contributed by atoms with Crippen molar-refractivity contribution in [3.05, 3.63) is 64.7 Å². The molecule has 3 rings (SSSR count). The van der Waals surface area contributed by atoms with Gasteiger partial charge in [-0.3, -0.25) is 4.79 Å². The summed E-state index contributed by atoms with van der Waals surface area (Å²) in [6.07, 6.45) is 1.81. The van der Waals surface area contributed by atoms with Gasteiger partial charge in [-0.1, -0.05) is 31.2 Å². The molecule has 0 aromatic carbocycles. The minimum absolute atomic E-state index is 0.00207. The minimum atomic E-state index is -4.71. The number of ether oxygens (including phenoxy) is 1. The summed E-state index contributed by atoms with van der Waals surface area (Å²) in [4.78, 5) is 14.5. The number of hydrogen-bond acceptors (Lipinski definition) is 3. The molecule has 9 heteroatoms. The summed E-state index contributed by atoms with van der Waals surface area (Å²) in [6.45, 7) is 8.78. The number of amides is 1. The molecule has 1 aliphatic rings. The fourth-order valence-electron chi connectivity index (χ4n) is 3.56. The standard InChI is InChI=1S/C23H25ClF3N3O2/c1-5-17(32-4)7-6-15(3)16-12-18-20(24)21(22(31)29-10-8-14(2)9-11-29)28-30(18)19(13-16)23(25,26)27/h5-7,12-14H,3,8-11H2,1-2,4H3. The first-order chi connectivity index (χ1) is 15.1. The number of rotatable bonds is 5. The third-order valence-electron chi connectivity index (χ3n) is 5.58. The molecule has 1 aliphatic heterocycles. The number of nitrogens with zero attached hydrogens (tertiary/aromatic N) is 3. The maximum Gasteiger partial charge on any atom is 0.433 e. The third kappa shape index (κ3) is 4.85. The molecule has 2 aromatic heterocycles. The number of aromatic nitrogens is 2. The van der Waals surface area contributed by atoms with Crippen LogP contribution in [-0.2, 0) is 10.9 Å². The van der Waals surface area contributed by atoms with E-state index in [9.17, 15) is 18.0 Å². The number of likely N-dealkylation sites (tertiary alicyclic amines) is 1. The van der Waals surface area contributed by atoms with Crippen LogP contribution in [0.25, 0.3) is 11.1 Å². The van der Waals surface area contributed by atoms with E-state index in [0.717, 1.165) is 18.9 Å². The molecule has 5 nitrogen and oxygen atoms in total. The first kappa shape index (κ1) is 23.9. The highest BCUT2D eigenvalue weighted by Gasteiger charge is 2.36. The molecular weight excluding hydrogens is 443 g/mol. The lowest BCUT2D eigenvalue weighted by Gasteiger charge is -2.29.